The second-order valence-corrected chi connectivity index (χ2v) is 7.95. The van der Waals surface area contributed by atoms with E-state index in [1.54, 1.807) is 6.20 Å². The summed E-state index contributed by atoms with van der Waals surface area (Å²) in [5.74, 6) is 1.98. The molecule has 0 amide bonds. The van der Waals surface area contributed by atoms with E-state index in [-0.39, 0.29) is 0 Å². The van der Waals surface area contributed by atoms with Gasteiger partial charge in [0.15, 0.2) is 11.5 Å². The van der Waals surface area contributed by atoms with Crippen LogP contribution in [-0.2, 0) is 0 Å². The van der Waals surface area contributed by atoms with Gasteiger partial charge in [-0.15, -0.1) is 0 Å². The Kier molecular flexibility index (Phi) is 4.75. The minimum absolute atomic E-state index is 0.342. The molecule has 0 atom stereocenters. The normalized spacial score (nSPS) is 15.8. The maximum Gasteiger partial charge on any atom is 0.164 e. The molecule has 2 N–H and O–H groups in total. The first-order valence-electron chi connectivity index (χ1n) is 10.5. The van der Waals surface area contributed by atoms with Crippen molar-refractivity contribution in [3.63, 3.8) is 0 Å². The Balaban J connectivity index is 1.55. The predicted octanol–water partition coefficient (Wildman–Crippen LogP) is 3.89. The largest absolute Gasteiger partial charge is 0.494 e. The van der Waals surface area contributed by atoms with Gasteiger partial charge >= 0.3 is 0 Å². The van der Waals surface area contributed by atoms with Crippen LogP contribution in [0.4, 0.5) is 5.82 Å². The Morgan fingerprint density at radius 3 is 2.63 bits per heavy atom. The first-order valence-corrected chi connectivity index (χ1v) is 10.5. The van der Waals surface area contributed by atoms with Gasteiger partial charge in [-0.05, 0) is 68.9 Å². The van der Waals surface area contributed by atoms with Crippen molar-refractivity contribution in [1.29, 1.82) is 0 Å². The number of nitrogens with two attached hydrogens (primary N) is 1. The van der Waals surface area contributed by atoms with Crippen molar-refractivity contribution in [2.45, 2.75) is 25.8 Å². The summed E-state index contributed by atoms with van der Waals surface area (Å²) >= 11 is 0. The highest BCUT2D eigenvalue weighted by molar-refractivity contribution is 5.90. The second kappa shape index (κ2) is 7.57. The van der Waals surface area contributed by atoms with E-state index in [0.29, 0.717) is 24.3 Å². The number of hydrogen-bond donors (Lipinski definition) is 1. The SMILES string of the molecule is CCOc1ccc2cc(-c3nc(N)c4cnn(C5CCN(C)CC5)c4n3)ccc2c1. The zero-order valence-corrected chi connectivity index (χ0v) is 17.4. The van der Waals surface area contributed by atoms with Crippen LogP contribution >= 0.6 is 0 Å². The van der Waals surface area contributed by atoms with Gasteiger partial charge in [-0.3, -0.25) is 0 Å². The molecule has 0 saturated carbocycles. The minimum atomic E-state index is 0.342. The van der Waals surface area contributed by atoms with Gasteiger partial charge in [0.25, 0.3) is 0 Å². The summed E-state index contributed by atoms with van der Waals surface area (Å²) in [6.45, 7) is 4.77. The van der Waals surface area contributed by atoms with E-state index < -0.39 is 0 Å². The number of nitrogens with zero attached hydrogens (tertiary/aromatic N) is 5. The van der Waals surface area contributed by atoms with E-state index in [1.165, 1.54) is 0 Å². The number of ether oxygens (including phenoxy) is 1. The van der Waals surface area contributed by atoms with Crippen molar-refractivity contribution in [3.8, 4) is 17.1 Å². The number of hydrogen-bond acceptors (Lipinski definition) is 6. The van der Waals surface area contributed by atoms with E-state index in [9.17, 15) is 0 Å². The maximum absolute atomic E-state index is 6.30. The summed E-state index contributed by atoms with van der Waals surface area (Å²) in [5.41, 5.74) is 8.06. The van der Waals surface area contributed by atoms with Crippen LogP contribution in [0.25, 0.3) is 33.2 Å². The van der Waals surface area contributed by atoms with E-state index in [2.05, 4.69) is 46.3 Å². The highest BCUT2D eigenvalue weighted by Gasteiger charge is 2.22. The van der Waals surface area contributed by atoms with Crippen LogP contribution in [0.3, 0.4) is 0 Å². The van der Waals surface area contributed by atoms with Crippen LogP contribution in [0.15, 0.2) is 42.6 Å². The quantitative estimate of drug-likeness (QED) is 0.558. The molecule has 1 aliphatic rings. The molecule has 7 nitrogen and oxygen atoms in total. The van der Waals surface area contributed by atoms with E-state index in [0.717, 1.165) is 59.0 Å². The summed E-state index contributed by atoms with van der Waals surface area (Å²) < 4.78 is 7.65. The Morgan fingerprint density at radius 1 is 1.07 bits per heavy atom. The molecule has 2 aromatic carbocycles. The van der Waals surface area contributed by atoms with Crippen LogP contribution in [-0.4, -0.2) is 51.4 Å². The van der Waals surface area contributed by atoms with Gasteiger partial charge in [0.1, 0.15) is 11.6 Å². The minimum Gasteiger partial charge on any atom is -0.494 e. The van der Waals surface area contributed by atoms with Crippen molar-refractivity contribution in [3.05, 3.63) is 42.6 Å². The Labute approximate surface area is 175 Å². The molecule has 5 rings (SSSR count). The third kappa shape index (κ3) is 3.35. The van der Waals surface area contributed by atoms with Crippen LogP contribution < -0.4 is 10.5 Å². The predicted molar refractivity (Wildman–Crippen MR) is 120 cm³/mol. The van der Waals surface area contributed by atoms with Crippen molar-refractivity contribution < 1.29 is 4.74 Å². The molecule has 7 heteroatoms. The van der Waals surface area contributed by atoms with Gasteiger partial charge in [0.05, 0.1) is 24.2 Å². The summed E-state index contributed by atoms with van der Waals surface area (Å²) in [4.78, 5) is 11.8. The van der Waals surface area contributed by atoms with E-state index in [4.69, 9.17) is 15.5 Å². The number of anilines is 1. The number of fused-ring (bicyclic) bond motifs is 2. The average Bonchev–Trinajstić information content (AvgIpc) is 3.19. The molecule has 154 valence electrons. The fourth-order valence-electron chi connectivity index (χ4n) is 4.20. The highest BCUT2D eigenvalue weighted by Crippen LogP contribution is 2.30. The maximum atomic E-state index is 6.30. The Morgan fingerprint density at radius 2 is 1.83 bits per heavy atom. The number of benzene rings is 2. The molecule has 1 fully saturated rings. The van der Waals surface area contributed by atoms with Gasteiger partial charge < -0.3 is 15.4 Å². The topological polar surface area (TPSA) is 82.1 Å². The van der Waals surface area contributed by atoms with Crippen molar-refractivity contribution in [2.75, 3.05) is 32.5 Å². The first-order chi connectivity index (χ1) is 14.6. The van der Waals surface area contributed by atoms with Crippen LogP contribution in [0, 0.1) is 0 Å². The number of rotatable bonds is 4. The number of likely N-dealkylation sites (tertiary alicyclic amines) is 1. The van der Waals surface area contributed by atoms with Crippen molar-refractivity contribution in [1.82, 2.24) is 24.6 Å². The molecule has 0 aliphatic carbocycles. The highest BCUT2D eigenvalue weighted by atomic mass is 16.5. The van der Waals surface area contributed by atoms with Crippen molar-refractivity contribution >= 4 is 27.6 Å². The first kappa shape index (κ1) is 18.8. The monoisotopic (exact) mass is 402 g/mol. The van der Waals surface area contributed by atoms with Gasteiger partial charge in [0, 0.05) is 5.56 Å². The van der Waals surface area contributed by atoms with Gasteiger partial charge in [-0.25, -0.2) is 14.6 Å². The fraction of sp³-hybridized carbons (Fsp3) is 0.348. The Hall–Kier alpha value is -3.19. The molecule has 3 heterocycles. The lowest BCUT2D eigenvalue weighted by Gasteiger charge is -2.29. The van der Waals surface area contributed by atoms with Gasteiger partial charge in [-0.1, -0.05) is 18.2 Å². The van der Waals surface area contributed by atoms with Crippen LogP contribution in [0.1, 0.15) is 25.8 Å². The fourth-order valence-corrected chi connectivity index (χ4v) is 4.20. The summed E-state index contributed by atoms with van der Waals surface area (Å²) in [7, 11) is 2.16. The smallest absolute Gasteiger partial charge is 0.164 e. The standard InChI is InChI=1S/C23H26N6O/c1-3-30-19-7-6-15-12-17(5-4-16(15)13-19)22-26-21(24)20-14-25-29(23(20)27-22)18-8-10-28(2)11-9-18/h4-7,12-14,18H,3,8-11H2,1-2H3,(H2,24,26,27). The lowest BCUT2D eigenvalue weighted by atomic mass is 10.1. The van der Waals surface area contributed by atoms with Crippen LogP contribution in [0.2, 0.25) is 0 Å². The summed E-state index contributed by atoms with van der Waals surface area (Å²) in [5, 5.41) is 7.67. The third-order valence-corrected chi connectivity index (χ3v) is 5.90. The zero-order valence-electron chi connectivity index (χ0n) is 17.4. The average molecular weight is 403 g/mol. The number of aromatic nitrogens is 4. The lowest BCUT2D eigenvalue weighted by molar-refractivity contribution is 0.215. The number of nitrogen functional groups attached to an aromatic ring is 1. The summed E-state index contributed by atoms with van der Waals surface area (Å²) in [6, 6.07) is 12.7. The molecule has 4 aromatic rings. The van der Waals surface area contributed by atoms with E-state index in [1.807, 2.05) is 23.7 Å². The molecule has 1 saturated heterocycles. The Bertz CT molecular complexity index is 1210. The number of piperidine rings is 1. The molecular weight excluding hydrogens is 376 g/mol. The molecule has 1 aliphatic heterocycles. The summed E-state index contributed by atoms with van der Waals surface area (Å²) in [6.07, 6.45) is 3.91. The lowest BCUT2D eigenvalue weighted by Crippen LogP contribution is -2.31. The van der Waals surface area contributed by atoms with Crippen molar-refractivity contribution in [2.24, 2.45) is 0 Å². The third-order valence-electron chi connectivity index (χ3n) is 5.90. The molecule has 2 aromatic heterocycles. The molecule has 0 spiro atoms. The molecule has 30 heavy (non-hydrogen) atoms. The van der Waals surface area contributed by atoms with E-state index >= 15 is 0 Å². The molecular formula is C23H26N6O. The zero-order chi connectivity index (χ0) is 20.7. The second-order valence-electron chi connectivity index (χ2n) is 7.95. The van der Waals surface area contributed by atoms with Gasteiger partial charge in [-0.2, -0.15) is 5.10 Å². The van der Waals surface area contributed by atoms with Gasteiger partial charge in [0.2, 0.25) is 0 Å². The van der Waals surface area contributed by atoms with Crippen LogP contribution in [0.5, 0.6) is 5.75 Å². The molecule has 0 radical (unpaired) electrons. The molecule has 0 unspecified atom stereocenters. The molecule has 0 bridgehead atoms.